The van der Waals surface area contributed by atoms with Gasteiger partial charge in [0, 0.05) is 27.7 Å². The van der Waals surface area contributed by atoms with Crippen LogP contribution in [0.25, 0.3) is 38.8 Å². The SMILES string of the molecule is [C-]#[N+]C1=C(C)C(=O)O/C1=C(\C)C#N.[C-]#[N+]C1=C(C)C(C)(C)C(=O)/C1=C(\C)C#N.[C-]#[N+]C1=C(C)C(C)(C)C(C)(C)/C1=C(\C)C#N.[C-]#[N+]C1=C(C)C(C)(C)C(C)(C)C(C)(C)/C1=C(\C)[N+]#[C-].[C-]#[N+]C1=C(C)C(C)(C)O/C1=C(\C)C#N.[C-]#[N+]C1=C(C)CC(C)(C)O/C1=C(\C)[N+]#[C-]. The second kappa shape index (κ2) is 29.4. The van der Waals surface area contributed by atoms with Crippen LogP contribution < -0.4 is 0 Å². The minimum absolute atomic E-state index is 0.0282. The number of allylic oxidation sites excluding steroid dienone is 12. The maximum atomic E-state index is 12.0. The maximum Gasteiger partial charge on any atom is 0.327 e. The van der Waals surface area contributed by atoms with E-state index in [1.54, 1.807) is 48.5 Å². The molecule has 3 aliphatic carbocycles. The fourth-order valence-corrected chi connectivity index (χ4v) is 11.1. The van der Waals surface area contributed by atoms with E-state index in [1.807, 2.05) is 80.5 Å². The Morgan fingerprint density at radius 1 is 0.424 bits per heavy atom. The van der Waals surface area contributed by atoms with Gasteiger partial charge in [0.2, 0.25) is 17.1 Å². The number of Topliss-reactive ketones (excluding diaryl/α,β-unsaturated/α-hetero) is 1. The third-order valence-corrected chi connectivity index (χ3v) is 19.7. The van der Waals surface area contributed by atoms with Crippen LogP contribution in [-0.4, -0.2) is 23.0 Å². The second-order valence-electron chi connectivity index (χ2n) is 27.2. The van der Waals surface area contributed by atoms with E-state index < -0.39 is 17.0 Å². The molecular formula is C75H86N12O5. The molecule has 0 bridgehead atoms. The number of carbonyl (C=O) groups excluding carboxylic acids is 2. The molecule has 0 amide bonds. The number of nitriles is 4. The number of rotatable bonds is 0. The molecule has 17 heteroatoms. The number of hydrogen-bond acceptors (Lipinski definition) is 9. The number of cyclic esters (lactones) is 1. The third kappa shape index (κ3) is 14.9. The van der Waals surface area contributed by atoms with Crippen molar-refractivity contribution in [2.45, 2.75) is 211 Å². The molecule has 0 atom stereocenters. The van der Waals surface area contributed by atoms with Gasteiger partial charge in [-0.05, 0) is 133 Å². The summed E-state index contributed by atoms with van der Waals surface area (Å²) in [6, 6.07) is 7.97. The molecule has 0 unspecified atom stereocenters. The van der Waals surface area contributed by atoms with Crippen LogP contribution in [0.15, 0.2) is 135 Å². The van der Waals surface area contributed by atoms with E-state index in [4.69, 9.17) is 87.8 Å². The van der Waals surface area contributed by atoms with E-state index in [1.165, 1.54) is 13.8 Å². The monoisotopic (exact) mass is 1230 g/mol. The van der Waals surface area contributed by atoms with E-state index in [-0.39, 0.29) is 61.1 Å². The molecule has 0 spiro atoms. The van der Waals surface area contributed by atoms with Gasteiger partial charge in [0.05, 0.1) is 88.0 Å². The number of ether oxygens (including phenoxy) is 3. The van der Waals surface area contributed by atoms with Crippen LogP contribution in [0.1, 0.15) is 200 Å². The minimum Gasteiger partial charge on any atom is -0.510 e. The maximum absolute atomic E-state index is 12.0. The highest BCUT2D eigenvalue weighted by atomic mass is 16.5. The Labute approximate surface area is 549 Å². The zero-order valence-corrected chi connectivity index (χ0v) is 59.1. The molecule has 17 nitrogen and oxygen atoms in total. The highest BCUT2D eigenvalue weighted by molar-refractivity contribution is 6.10. The van der Waals surface area contributed by atoms with Crippen molar-refractivity contribution in [3.05, 3.63) is 227 Å². The summed E-state index contributed by atoms with van der Waals surface area (Å²) >= 11 is 0. The largest absolute Gasteiger partial charge is 0.510 e. The molecule has 6 aliphatic rings. The zero-order chi connectivity index (χ0) is 72.3. The summed E-state index contributed by atoms with van der Waals surface area (Å²) in [5.41, 5.74) is 11.0. The van der Waals surface area contributed by atoms with E-state index in [2.05, 4.69) is 114 Å². The van der Waals surface area contributed by atoms with Gasteiger partial charge < -0.3 is 14.2 Å². The summed E-state index contributed by atoms with van der Waals surface area (Å²) in [5.74, 6) is 0.319. The van der Waals surface area contributed by atoms with Crippen molar-refractivity contribution in [3.63, 3.8) is 0 Å². The van der Waals surface area contributed by atoms with E-state index >= 15 is 0 Å². The van der Waals surface area contributed by atoms with Crippen molar-refractivity contribution < 1.29 is 23.8 Å². The fourth-order valence-electron chi connectivity index (χ4n) is 11.1. The summed E-state index contributed by atoms with van der Waals surface area (Å²) in [5, 5.41) is 35.2. The lowest BCUT2D eigenvalue weighted by Crippen LogP contribution is -2.50. The molecule has 0 aromatic carbocycles. The molecule has 476 valence electrons. The molecule has 3 aliphatic heterocycles. The first-order valence-electron chi connectivity index (χ1n) is 29.3. The van der Waals surface area contributed by atoms with Crippen LogP contribution in [-0.2, 0) is 23.8 Å². The second-order valence-corrected chi connectivity index (χ2v) is 27.2. The molecular weight excluding hydrogens is 1150 g/mol. The van der Waals surface area contributed by atoms with E-state index in [9.17, 15) is 9.59 Å². The third-order valence-electron chi connectivity index (χ3n) is 19.7. The average Bonchev–Trinajstić information content (AvgIpc) is 1.06. The first-order valence-corrected chi connectivity index (χ1v) is 29.3. The molecule has 0 aromatic heterocycles. The van der Waals surface area contributed by atoms with Gasteiger partial charge in [0.25, 0.3) is 0 Å². The Balaban J connectivity index is 0.000000554. The lowest BCUT2D eigenvalue weighted by molar-refractivity contribution is -0.133. The van der Waals surface area contributed by atoms with Gasteiger partial charge in [-0.15, -0.1) is 0 Å². The quantitative estimate of drug-likeness (QED) is 0.0982. The highest BCUT2D eigenvalue weighted by Crippen LogP contribution is 2.64. The molecule has 92 heavy (non-hydrogen) atoms. The van der Waals surface area contributed by atoms with Crippen molar-refractivity contribution >= 4 is 11.8 Å². The summed E-state index contributed by atoms with van der Waals surface area (Å²) in [6.07, 6.45) is 0.736. The Kier molecular flexibility index (Phi) is 25.4. The van der Waals surface area contributed by atoms with Gasteiger partial charge in [-0.25, -0.2) is 43.6 Å². The predicted molar refractivity (Wildman–Crippen MR) is 356 cm³/mol. The van der Waals surface area contributed by atoms with Crippen LogP contribution >= 0.6 is 0 Å². The standard InChI is InChI=1S/C17H24N2.C14H18N2.C12H14N2O.C12H12N2O.C11H12N2O.C9H6N2O2/c1-11-14(19-10)13(12(2)18-9)16(5,6)17(7,8)15(11,3)4;1-9(8-15)11-12(16-7)10(2)13(3,4)14(11,5)6;1-8-7-12(3,4)15-11(9(2)13-5)10(8)14-6;1-7(6-13)9-10(14-5)8(2)12(3,4)11(9)15;1-7(6-12)10-9(13-5)8(2)11(3,4)14-10;1-5(4-10)8-7(11-3)6(2)9(12)13-8/h1-8H3;1-6H3;7H2,1-4H3;1-4H3;1-4H3;1-2H3/b13-12+;2*11-9+;9-7+;10-7+;8-5+. The van der Waals surface area contributed by atoms with Gasteiger partial charge >= 0.3 is 5.97 Å². The van der Waals surface area contributed by atoms with Gasteiger partial charge in [0.1, 0.15) is 22.7 Å². The van der Waals surface area contributed by atoms with Crippen LogP contribution in [0.3, 0.4) is 0 Å². The molecule has 0 aromatic rings. The Morgan fingerprint density at radius 2 is 0.837 bits per heavy atom. The van der Waals surface area contributed by atoms with Crippen molar-refractivity contribution in [1.29, 1.82) is 21.0 Å². The average molecular weight is 1240 g/mol. The Morgan fingerprint density at radius 3 is 1.25 bits per heavy atom. The number of esters is 1. The summed E-state index contributed by atoms with van der Waals surface area (Å²) in [4.78, 5) is 50.7. The Hall–Kier alpha value is -10.5. The molecule has 0 N–H and O–H groups in total. The first kappa shape index (κ1) is 79.5. The normalized spacial score (nSPS) is 23.3. The predicted octanol–water partition coefficient (Wildman–Crippen LogP) is 20.0. The van der Waals surface area contributed by atoms with Crippen molar-refractivity contribution in [3.8, 4) is 24.3 Å². The topological polar surface area (TPSA) is 192 Å². The van der Waals surface area contributed by atoms with Gasteiger partial charge in [-0.1, -0.05) is 133 Å². The first-order chi connectivity index (χ1) is 42.0. The molecule has 0 saturated carbocycles. The molecule has 3 heterocycles. The fraction of sp³-hybridized carbons (Fsp3) is 0.493. The zero-order valence-electron chi connectivity index (χ0n) is 59.1. The van der Waals surface area contributed by atoms with Crippen LogP contribution in [0.2, 0.25) is 0 Å². The van der Waals surface area contributed by atoms with E-state index in [0.29, 0.717) is 73.7 Å². The number of carbonyl (C=O) groups is 2. The summed E-state index contributed by atoms with van der Waals surface area (Å²) in [6.45, 7) is 111. The molecule has 0 radical (unpaired) electrons. The lowest BCUT2D eigenvalue weighted by atomic mass is 9.47. The smallest absolute Gasteiger partial charge is 0.327 e. The summed E-state index contributed by atoms with van der Waals surface area (Å²) < 4.78 is 16.0. The van der Waals surface area contributed by atoms with Crippen molar-refractivity contribution in [2.24, 2.45) is 32.5 Å². The van der Waals surface area contributed by atoms with Crippen LogP contribution in [0.5, 0.6) is 0 Å². The Bertz CT molecular complexity index is 4150. The number of hydrogen-bond donors (Lipinski definition) is 0. The van der Waals surface area contributed by atoms with Gasteiger partial charge in [0.15, 0.2) is 40.0 Å². The minimum atomic E-state index is -0.646. The van der Waals surface area contributed by atoms with Crippen LogP contribution in [0.4, 0.5) is 0 Å². The highest BCUT2D eigenvalue weighted by Gasteiger charge is 2.55. The van der Waals surface area contributed by atoms with E-state index in [0.717, 1.165) is 45.4 Å². The van der Waals surface area contributed by atoms with Gasteiger partial charge in [-0.3, -0.25) is 4.79 Å². The lowest BCUT2D eigenvalue weighted by Gasteiger charge is -2.58. The van der Waals surface area contributed by atoms with Crippen molar-refractivity contribution in [2.75, 3.05) is 0 Å². The number of nitrogens with zero attached hydrogens (tertiary/aromatic N) is 12. The molecule has 6 rings (SSSR count). The summed E-state index contributed by atoms with van der Waals surface area (Å²) in [7, 11) is 0. The molecule has 0 saturated heterocycles. The van der Waals surface area contributed by atoms with Crippen LogP contribution in [0, 0.1) is 130 Å². The van der Waals surface area contributed by atoms with Crippen molar-refractivity contribution in [1.82, 2.24) is 0 Å². The number of ketones is 1. The molecule has 0 fully saturated rings. The van der Waals surface area contributed by atoms with Gasteiger partial charge in [-0.2, -0.15) is 21.0 Å².